The van der Waals surface area contributed by atoms with Crippen LogP contribution in [0.5, 0.6) is 0 Å². The van der Waals surface area contributed by atoms with Crippen molar-refractivity contribution in [1.82, 2.24) is 0 Å². The lowest BCUT2D eigenvalue weighted by Crippen LogP contribution is -2.26. The Kier molecular flexibility index (Phi) is 5.50. The molecule has 0 radical (unpaired) electrons. The van der Waals surface area contributed by atoms with Gasteiger partial charge in [0.25, 0.3) is 0 Å². The van der Waals surface area contributed by atoms with Crippen LogP contribution in [0.2, 0.25) is 0 Å². The molecule has 0 saturated heterocycles. The van der Waals surface area contributed by atoms with Gasteiger partial charge in [0.2, 0.25) is 0 Å². The summed E-state index contributed by atoms with van der Waals surface area (Å²) in [6.45, 7) is 0.745. The molecule has 0 amide bonds. The SMILES string of the molecule is NC(=NC[C@H]1CCC[C@@H](CO)C1)Nc1cc(F)ccc1F. The van der Waals surface area contributed by atoms with Crippen LogP contribution >= 0.6 is 0 Å². The first kappa shape index (κ1) is 15.7. The molecule has 1 saturated carbocycles. The van der Waals surface area contributed by atoms with Crippen molar-refractivity contribution >= 4 is 11.6 Å². The number of benzene rings is 1. The molecule has 2 rings (SSSR count). The molecule has 0 unspecified atom stereocenters. The van der Waals surface area contributed by atoms with Crippen molar-refractivity contribution in [3.05, 3.63) is 29.8 Å². The van der Waals surface area contributed by atoms with Gasteiger partial charge in [-0.2, -0.15) is 0 Å². The van der Waals surface area contributed by atoms with Gasteiger partial charge in [-0.1, -0.05) is 6.42 Å². The molecule has 4 nitrogen and oxygen atoms in total. The summed E-state index contributed by atoms with van der Waals surface area (Å²) in [6, 6.07) is 3.13. The van der Waals surface area contributed by atoms with E-state index in [4.69, 9.17) is 5.73 Å². The summed E-state index contributed by atoms with van der Waals surface area (Å²) in [5, 5.41) is 11.8. The average molecular weight is 297 g/mol. The minimum Gasteiger partial charge on any atom is -0.396 e. The summed E-state index contributed by atoms with van der Waals surface area (Å²) in [5.74, 6) is -0.314. The van der Waals surface area contributed by atoms with E-state index in [1.165, 1.54) is 0 Å². The largest absolute Gasteiger partial charge is 0.396 e. The predicted octanol–water partition coefficient (Wildman–Crippen LogP) is 2.49. The standard InChI is InChI=1S/C15H21F2N3O/c16-12-4-5-13(17)14(7-12)20-15(18)19-8-10-2-1-3-11(6-10)9-21/h4-5,7,10-11,21H,1-3,6,8-9H2,(H3,18,19,20)/t10-,11+/m0/s1. The lowest BCUT2D eigenvalue weighted by molar-refractivity contribution is 0.163. The molecule has 1 fully saturated rings. The predicted molar refractivity (Wildman–Crippen MR) is 79.0 cm³/mol. The third-order valence-electron chi connectivity index (χ3n) is 3.86. The number of nitrogens with two attached hydrogens (primary N) is 1. The molecule has 1 aliphatic rings. The van der Waals surface area contributed by atoms with E-state index in [2.05, 4.69) is 10.3 Å². The van der Waals surface area contributed by atoms with E-state index in [1.54, 1.807) is 0 Å². The van der Waals surface area contributed by atoms with Crippen LogP contribution in [-0.4, -0.2) is 24.2 Å². The molecule has 0 aromatic heterocycles. The summed E-state index contributed by atoms with van der Waals surface area (Å²) in [4.78, 5) is 4.20. The average Bonchev–Trinajstić information content (AvgIpc) is 2.49. The van der Waals surface area contributed by atoms with Crippen LogP contribution in [-0.2, 0) is 0 Å². The second kappa shape index (κ2) is 7.36. The molecular weight excluding hydrogens is 276 g/mol. The van der Waals surface area contributed by atoms with Crippen LogP contribution < -0.4 is 11.1 Å². The Morgan fingerprint density at radius 2 is 2.10 bits per heavy atom. The fourth-order valence-corrected chi connectivity index (χ4v) is 2.73. The van der Waals surface area contributed by atoms with E-state index in [1.807, 2.05) is 0 Å². The molecular formula is C15H21F2N3O. The van der Waals surface area contributed by atoms with Crippen molar-refractivity contribution in [3.63, 3.8) is 0 Å². The maximum absolute atomic E-state index is 13.5. The smallest absolute Gasteiger partial charge is 0.193 e. The van der Waals surface area contributed by atoms with Crippen LogP contribution in [0.1, 0.15) is 25.7 Å². The molecule has 0 spiro atoms. The van der Waals surface area contributed by atoms with Gasteiger partial charge in [0.05, 0.1) is 5.69 Å². The van der Waals surface area contributed by atoms with E-state index < -0.39 is 11.6 Å². The van der Waals surface area contributed by atoms with Crippen molar-refractivity contribution in [2.24, 2.45) is 22.6 Å². The number of aliphatic hydroxyl groups excluding tert-OH is 1. The topological polar surface area (TPSA) is 70.6 Å². The molecule has 6 heteroatoms. The minimum atomic E-state index is -0.576. The number of aliphatic hydroxyl groups is 1. The number of guanidine groups is 1. The van der Waals surface area contributed by atoms with Crippen LogP contribution in [0.4, 0.5) is 14.5 Å². The van der Waals surface area contributed by atoms with Crippen molar-refractivity contribution in [1.29, 1.82) is 0 Å². The lowest BCUT2D eigenvalue weighted by atomic mass is 9.82. The van der Waals surface area contributed by atoms with Crippen LogP contribution in [0.25, 0.3) is 0 Å². The molecule has 1 aliphatic carbocycles. The highest BCUT2D eigenvalue weighted by Crippen LogP contribution is 2.28. The second-order valence-corrected chi connectivity index (χ2v) is 5.56. The Bertz CT molecular complexity index is 508. The zero-order chi connectivity index (χ0) is 15.2. The van der Waals surface area contributed by atoms with Gasteiger partial charge in [0, 0.05) is 19.2 Å². The zero-order valence-corrected chi connectivity index (χ0v) is 11.9. The van der Waals surface area contributed by atoms with Gasteiger partial charge in [-0.15, -0.1) is 0 Å². The van der Waals surface area contributed by atoms with Crippen LogP contribution in [0.3, 0.4) is 0 Å². The van der Waals surface area contributed by atoms with Gasteiger partial charge < -0.3 is 16.2 Å². The minimum absolute atomic E-state index is 0.0203. The first-order chi connectivity index (χ1) is 10.1. The Morgan fingerprint density at radius 1 is 1.33 bits per heavy atom. The van der Waals surface area contributed by atoms with Gasteiger partial charge >= 0.3 is 0 Å². The molecule has 2 atom stereocenters. The molecule has 4 N–H and O–H groups in total. The van der Waals surface area contributed by atoms with Crippen LogP contribution in [0, 0.1) is 23.5 Å². The number of halogens is 2. The Hall–Kier alpha value is -1.69. The summed E-state index contributed by atoms with van der Waals surface area (Å²) in [6.07, 6.45) is 4.12. The molecule has 0 aliphatic heterocycles. The Balaban J connectivity index is 1.90. The Morgan fingerprint density at radius 3 is 2.86 bits per heavy atom. The fourth-order valence-electron chi connectivity index (χ4n) is 2.73. The first-order valence-corrected chi connectivity index (χ1v) is 7.21. The number of aliphatic imine (C=N–C) groups is 1. The van der Waals surface area contributed by atoms with Crippen molar-refractivity contribution in [2.75, 3.05) is 18.5 Å². The number of hydrogen-bond acceptors (Lipinski definition) is 2. The van der Waals surface area contributed by atoms with Gasteiger partial charge in [0.1, 0.15) is 11.6 Å². The fraction of sp³-hybridized carbons (Fsp3) is 0.533. The lowest BCUT2D eigenvalue weighted by Gasteiger charge is -2.26. The Labute approximate surface area is 123 Å². The van der Waals surface area contributed by atoms with Crippen molar-refractivity contribution in [2.45, 2.75) is 25.7 Å². The highest BCUT2D eigenvalue weighted by molar-refractivity contribution is 5.92. The third kappa shape index (κ3) is 4.67. The van der Waals surface area contributed by atoms with Gasteiger partial charge in [-0.25, -0.2) is 8.78 Å². The normalized spacial score (nSPS) is 23.1. The van der Waals surface area contributed by atoms with Gasteiger partial charge in [0.15, 0.2) is 5.96 Å². The highest BCUT2D eigenvalue weighted by atomic mass is 19.1. The second-order valence-electron chi connectivity index (χ2n) is 5.56. The number of rotatable bonds is 4. The molecule has 0 bridgehead atoms. The highest BCUT2D eigenvalue weighted by Gasteiger charge is 2.21. The van der Waals surface area contributed by atoms with E-state index >= 15 is 0 Å². The number of nitrogens with one attached hydrogen (secondary N) is 1. The molecule has 1 aromatic carbocycles. The zero-order valence-electron chi connectivity index (χ0n) is 11.9. The monoisotopic (exact) mass is 297 g/mol. The van der Waals surface area contributed by atoms with Crippen LogP contribution in [0.15, 0.2) is 23.2 Å². The summed E-state index contributed by atoms with van der Waals surface area (Å²) < 4.78 is 26.5. The number of hydrogen-bond donors (Lipinski definition) is 3. The van der Waals surface area contributed by atoms with E-state index in [-0.39, 0.29) is 18.3 Å². The number of anilines is 1. The summed E-state index contributed by atoms with van der Waals surface area (Å²) in [7, 11) is 0. The first-order valence-electron chi connectivity index (χ1n) is 7.21. The van der Waals surface area contributed by atoms with E-state index in [0.717, 1.165) is 43.9 Å². The van der Waals surface area contributed by atoms with E-state index in [0.29, 0.717) is 18.4 Å². The molecule has 1 aromatic rings. The summed E-state index contributed by atoms with van der Waals surface area (Å²) >= 11 is 0. The molecule has 116 valence electrons. The van der Waals surface area contributed by atoms with Crippen molar-refractivity contribution in [3.8, 4) is 0 Å². The van der Waals surface area contributed by atoms with Crippen molar-refractivity contribution < 1.29 is 13.9 Å². The van der Waals surface area contributed by atoms with Gasteiger partial charge in [-0.3, -0.25) is 4.99 Å². The van der Waals surface area contributed by atoms with Gasteiger partial charge in [-0.05, 0) is 43.2 Å². The van der Waals surface area contributed by atoms with E-state index in [9.17, 15) is 13.9 Å². The quantitative estimate of drug-likeness (QED) is 0.590. The number of nitrogens with zero attached hydrogens (tertiary/aromatic N) is 1. The maximum Gasteiger partial charge on any atom is 0.193 e. The third-order valence-corrected chi connectivity index (χ3v) is 3.86. The molecule has 21 heavy (non-hydrogen) atoms. The molecule has 0 heterocycles. The maximum atomic E-state index is 13.5. The summed E-state index contributed by atoms with van der Waals surface area (Å²) in [5.41, 5.74) is 5.69.